The van der Waals surface area contributed by atoms with E-state index in [4.69, 9.17) is 4.74 Å². The van der Waals surface area contributed by atoms with Crippen molar-refractivity contribution in [2.45, 2.75) is 0 Å². The monoisotopic (exact) mass is 231 g/mol. The molecular formula is C7H6BrNO3. The third-order valence-electron chi connectivity index (χ3n) is 1.19. The van der Waals surface area contributed by atoms with Crippen LogP contribution in [-0.2, 0) is 4.79 Å². The fourth-order valence-corrected chi connectivity index (χ4v) is 1.01. The summed E-state index contributed by atoms with van der Waals surface area (Å²) < 4.78 is 10.1. The van der Waals surface area contributed by atoms with E-state index < -0.39 is 0 Å². The first kappa shape index (κ1) is 8.99. The van der Waals surface area contributed by atoms with Gasteiger partial charge in [-0.3, -0.25) is 4.79 Å². The van der Waals surface area contributed by atoms with Crippen molar-refractivity contribution in [3.05, 3.63) is 16.9 Å². The fourth-order valence-electron chi connectivity index (χ4n) is 0.700. The van der Waals surface area contributed by atoms with Crippen molar-refractivity contribution in [3.63, 3.8) is 0 Å². The summed E-state index contributed by atoms with van der Waals surface area (Å²) in [5.74, 6) is 0.764. The molecule has 0 aliphatic heterocycles. The zero-order valence-electron chi connectivity index (χ0n) is 6.28. The molecule has 0 fully saturated rings. The molecule has 0 unspecified atom stereocenters. The number of hydrogen-bond donors (Lipinski definition) is 0. The van der Waals surface area contributed by atoms with E-state index in [1.165, 1.54) is 13.3 Å². The largest absolute Gasteiger partial charge is 0.493 e. The van der Waals surface area contributed by atoms with Crippen LogP contribution in [0.3, 0.4) is 0 Å². The minimum Gasteiger partial charge on any atom is -0.493 e. The predicted octanol–water partition coefficient (Wildman–Crippen LogP) is 1.39. The van der Waals surface area contributed by atoms with Crippen LogP contribution >= 0.6 is 15.9 Å². The number of pyridine rings is 1. The van der Waals surface area contributed by atoms with Crippen LogP contribution in [0.25, 0.3) is 0 Å². The van der Waals surface area contributed by atoms with E-state index in [1.807, 2.05) is 0 Å². The van der Waals surface area contributed by atoms with Crippen LogP contribution < -0.4 is 9.47 Å². The molecule has 1 rings (SSSR count). The average Bonchev–Trinajstić information content (AvgIpc) is 2.08. The maximum atomic E-state index is 10.0. The third-order valence-corrected chi connectivity index (χ3v) is 1.63. The first-order valence-electron chi connectivity index (χ1n) is 3.07. The molecule has 0 saturated carbocycles. The Morgan fingerprint density at radius 1 is 1.58 bits per heavy atom. The smallest absolute Gasteiger partial charge is 0.298 e. The highest BCUT2D eigenvalue weighted by atomic mass is 79.9. The van der Waals surface area contributed by atoms with E-state index >= 15 is 0 Å². The van der Waals surface area contributed by atoms with Gasteiger partial charge in [0.2, 0.25) is 0 Å². The van der Waals surface area contributed by atoms with Gasteiger partial charge in [-0.25, -0.2) is 4.98 Å². The lowest BCUT2D eigenvalue weighted by atomic mass is 10.4. The molecule has 0 amide bonds. The number of aromatic nitrogens is 1. The molecule has 0 atom stereocenters. The van der Waals surface area contributed by atoms with Crippen molar-refractivity contribution in [1.29, 1.82) is 0 Å². The zero-order chi connectivity index (χ0) is 8.97. The summed E-state index contributed by atoms with van der Waals surface area (Å²) in [6, 6.07) is 1.61. The Bertz CT molecular complexity index is 290. The number of carbonyl (C=O) groups is 1. The van der Waals surface area contributed by atoms with E-state index in [1.54, 1.807) is 6.07 Å². The number of nitrogens with zero attached hydrogens (tertiary/aromatic N) is 1. The Labute approximate surface area is 77.6 Å². The van der Waals surface area contributed by atoms with Gasteiger partial charge in [0.15, 0.2) is 11.5 Å². The summed E-state index contributed by atoms with van der Waals surface area (Å²) in [7, 11) is 1.49. The van der Waals surface area contributed by atoms with E-state index in [0.717, 1.165) is 0 Å². The zero-order valence-corrected chi connectivity index (χ0v) is 7.87. The molecule has 5 heteroatoms. The van der Waals surface area contributed by atoms with E-state index in [-0.39, 0.29) is 0 Å². The van der Waals surface area contributed by atoms with Crippen LogP contribution in [-0.4, -0.2) is 18.6 Å². The summed E-state index contributed by atoms with van der Waals surface area (Å²) in [6.07, 6.45) is 1.40. The van der Waals surface area contributed by atoms with Crippen LogP contribution in [0.4, 0.5) is 0 Å². The van der Waals surface area contributed by atoms with Gasteiger partial charge in [-0.2, -0.15) is 0 Å². The Hall–Kier alpha value is -1.10. The summed E-state index contributed by atoms with van der Waals surface area (Å²) in [5, 5.41) is 0. The van der Waals surface area contributed by atoms with Crippen molar-refractivity contribution in [2.75, 3.05) is 7.11 Å². The molecule has 0 aromatic carbocycles. The van der Waals surface area contributed by atoms with Crippen molar-refractivity contribution in [3.8, 4) is 11.5 Å². The Morgan fingerprint density at radius 3 is 2.92 bits per heavy atom. The van der Waals surface area contributed by atoms with Crippen molar-refractivity contribution >= 4 is 22.4 Å². The first-order chi connectivity index (χ1) is 5.77. The normalized spacial score (nSPS) is 9.17. The molecule has 1 aromatic rings. The maximum absolute atomic E-state index is 10.0. The van der Waals surface area contributed by atoms with Crippen LogP contribution in [0.2, 0.25) is 0 Å². The molecule has 0 aliphatic carbocycles. The first-order valence-corrected chi connectivity index (χ1v) is 3.87. The molecule has 0 radical (unpaired) electrons. The maximum Gasteiger partial charge on any atom is 0.298 e. The van der Waals surface area contributed by atoms with Gasteiger partial charge in [-0.05, 0) is 15.9 Å². The molecule has 0 N–H and O–H groups in total. The van der Waals surface area contributed by atoms with Gasteiger partial charge in [0, 0.05) is 6.07 Å². The third kappa shape index (κ3) is 1.94. The SMILES string of the molecule is COc1cc(Br)ncc1OC=O. The van der Waals surface area contributed by atoms with Gasteiger partial charge in [0.25, 0.3) is 6.47 Å². The number of halogens is 1. The van der Waals surface area contributed by atoms with Crippen LogP contribution in [0, 0.1) is 0 Å². The molecule has 0 saturated heterocycles. The van der Waals surface area contributed by atoms with Gasteiger partial charge in [-0.1, -0.05) is 0 Å². The van der Waals surface area contributed by atoms with Crippen LogP contribution in [0.15, 0.2) is 16.9 Å². The van der Waals surface area contributed by atoms with Gasteiger partial charge in [0.1, 0.15) is 4.60 Å². The number of carbonyl (C=O) groups excluding carboxylic acids is 1. The second-order valence-electron chi connectivity index (χ2n) is 1.87. The van der Waals surface area contributed by atoms with Crippen molar-refractivity contribution in [1.82, 2.24) is 4.98 Å². The average molecular weight is 232 g/mol. The van der Waals surface area contributed by atoms with Gasteiger partial charge < -0.3 is 9.47 Å². The number of rotatable bonds is 3. The molecule has 1 heterocycles. The Morgan fingerprint density at radius 2 is 2.33 bits per heavy atom. The molecule has 4 nitrogen and oxygen atoms in total. The molecular weight excluding hydrogens is 226 g/mol. The predicted molar refractivity (Wildman–Crippen MR) is 45.2 cm³/mol. The van der Waals surface area contributed by atoms with E-state index in [2.05, 4.69) is 25.7 Å². The Balaban J connectivity index is 3.01. The molecule has 1 aromatic heterocycles. The van der Waals surface area contributed by atoms with Crippen LogP contribution in [0.1, 0.15) is 0 Å². The molecule has 12 heavy (non-hydrogen) atoms. The van der Waals surface area contributed by atoms with Crippen molar-refractivity contribution < 1.29 is 14.3 Å². The van der Waals surface area contributed by atoms with Crippen LogP contribution in [0.5, 0.6) is 11.5 Å². The highest BCUT2D eigenvalue weighted by molar-refractivity contribution is 9.10. The van der Waals surface area contributed by atoms with E-state index in [0.29, 0.717) is 22.6 Å². The summed E-state index contributed by atoms with van der Waals surface area (Å²) >= 11 is 3.15. The number of methoxy groups -OCH3 is 1. The lowest BCUT2D eigenvalue weighted by Gasteiger charge is -2.04. The standard InChI is InChI=1S/C7H6BrNO3/c1-11-5-2-7(8)9-3-6(5)12-4-10/h2-4H,1H3. The summed E-state index contributed by atoms with van der Waals surface area (Å²) in [5.41, 5.74) is 0. The van der Waals surface area contributed by atoms with Crippen molar-refractivity contribution in [2.24, 2.45) is 0 Å². The Kier molecular flexibility index (Phi) is 3.04. The highest BCUT2D eigenvalue weighted by Gasteiger charge is 2.04. The molecule has 0 aliphatic rings. The topological polar surface area (TPSA) is 48.4 Å². The second kappa shape index (κ2) is 4.06. The van der Waals surface area contributed by atoms with Gasteiger partial charge in [0.05, 0.1) is 13.3 Å². The highest BCUT2D eigenvalue weighted by Crippen LogP contribution is 2.27. The number of ether oxygens (including phenoxy) is 2. The molecule has 64 valence electrons. The minimum absolute atomic E-state index is 0.302. The van der Waals surface area contributed by atoms with Gasteiger partial charge >= 0.3 is 0 Å². The van der Waals surface area contributed by atoms with Gasteiger partial charge in [-0.15, -0.1) is 0 Å². The molecule has 0 spiro atoms. The lowest BCUT2D eigenvalue weighted by molar-refractivity contribution is -0.120. The summed E-state index contributed by atoms with van der Waals surface area (Å²) in [6.45, 7) is 0.327. The quantitative estimate of drug-likeness (QED) is 0.583. The molecule has 0 bridgehead atoms. The lowest BCUT2D eigenvalue weighted by Crippen LogP contribution is -1.94. The van der Waals surface area contributed by atoms with E-state index in [9.17, 15) is 4.79 Å². The second-order valence-corrected chi connectivity index (χ2v) is 2.68. The number of hydrogen-bond acceptors (Lipinski definition) is 4. The summed E-state index contributed by atoms with van der Waals surface area (Å²) in [4.78, 5) is 13.9. The minimum atomic E-state index is 0.302. The fraction of sp³-hybridized carbons (Fsp3) is 0.143.